The smallest absolute Gasteiger partial charge is 0.321 e. The fourth-order valence-electron chi connectivity index (χ4n) is 0.980. The minimum absolute atomic E-state index is 0.143. The number of rotatable bonds is 3. The van der Waals surface area contributed by atoms with Gasteiger partial charge >= 0.3 is 6.03 Å². The van der Waals surface area contributed by atoms with Crippen LogP contribution in [0.3, 0.4) is 0 Å². The van der Waals surface area contributed by atoms with Crippen LogP contribution in [0.15, 0.2) is 24.3 Å². The molecule has 2 N–H and O–H groups in total. The van der Waals surface area contributed by atoms with Gasteiger partial charge in [-0.1, -0.05) is 6.07 Å². The van der Waals surface area contributed by atoms with Gasteiger partial charge in [-0.3, -0.25) is 0 Å². The van der Waals surface area contributed by atoms with Crippen molar-refractivity contribution in [3.05, 3.63) is 29.8 Å². The van der Waals surface area contributed by atoms with Crippen LogP contribution in [-0.2, 0) is 4.74 Å². The molecule has 0 aliphatic carbocycles. The highest BCUT2D eigenvalue weighted by Gasteiger charge is 2.00. The predicted molar refractivity (Wildman–Crippen MR) is 55.2 cm³/mol. The summed E-state index contributed by atoms with van der Waals surface area (Å²) >= 11 is 0. The molecule has 0 aliphatic rings. The number of carbonyl (C=O) groups excluding carboxylic acids is 1. The van der Waals surface area contributed by atoms with Crippen LogP contribution < -0.4 is 10.6 Å². The third-order valence-electron chi connectivity index (χ3n) is 1.63. The Kier molecular flexibility index (Phi) is 4.13. The van der Waals surface area contributed by atoms with Crippen molar-refractivity contribution in [1.29, 1.82) is 5.26 Å². The normalized spacial score (nSPS) is 9.07. The lowest BCUT2D eigenvalue weighted by Gasteiger charge is -2.06. The molecule has 1 rings (SSSR count). The number of anilines is 1. The molecule has 0 aromatic heterocycles. The first-order valence-corrected chi connectivity index (χ1v) is 4.30. The van der Waals surface area contributed by atoms with E-state index in [9.17, 15) is 4.79 Å². The van der Waals surface area contributed by atoms with E-state index in [0.29, 0.717) is 11.3 Å². The fourth-order valence-corrected chi connectivity index (χ4v) is 0.980. The molecule has 0 saturated heterocycles. The largest absolute Gasteiger partial charge is 0.364 e. The van der Waals surface area contributed by atoms with E-state index in [1.165, 1.54) is 7.11 Å². The van der Waals surface area contributed by atoms with E-state index in [-0.39, 0.29) is 12.8 Å². The Hall–Kier alpha value is -2.06. The minimum atomic E-state index is -0.369. The predicted octanol–water partition coefficient (Wildman–Crippen LogP) is 1.28. The van der Waals surface area contributed by atoms with E-state index < -0.39 is 0 Å². The molecule has 1 aromatic rings. The molecule has 0 aliphatic heterocycles. The molecule has 0 atom stereocenters. The number of nitrogens with zero attached hydrogens (tertiary/aromatic N) is 1. The molecule has 2 amide bonds. The first-order valence-electron chi connectivity index (χ1n) is 4.30. The molecule has 0 fully saturated rings. The van der Waals surface area contributed by atoms with Gasteiger partial charge < -0.3 is 15.4 Å². The summed E-state index contributed by atoms with van der Waals surface area (Å²) < 4.78 is 4.67. The summed E-state index contributed by atoms with van der Waals surface area (Å²) in [5.74, 6) is 0. The number of nitriles is 1. The van der Waals surface area contributed by atoms with E-state index in [1.54, 1.807) is 24.3 Å². The van der Waals surface area contributed by atoms with Gasteiger partial charge in [-0.05, 0) is 18.2 Å². The third kappa shape index (κ3) is 3.67. The van der Waals surface area contributed by atoms with Gasteiger partial charge in [-0.2, -0.15) is 5.26 Å². The Labute approximate surface area is 87.7 Å². The summed E-state index contributed by atoms with van der Waals surface area (Å²) in [5.41, 5.74) is 1.07. The highest BCUT2D eigenvalue weighted by atomic mass is 16.5. The fraction of sp³-hybridized carbons (Fsp3) is 0.200. The number of benzene rings is 1. The average molecular weight is 205 g/mol. The Balaban J connectivity index is 2.57. The first-order chi connectivity index (χ1) is 7.26. The van der Waals surface area contributed by atoms with Crippen LogP contribution in [0.25, 0.3) is 0 Å². The monoisotopic (exact) mass is 205 g/mol. The second-order valence-electron chi connectivity index (χ2n) is 2.76. The molecular weight excluding hydrogens is 194 g/mol. The molecule has 5 heteroatoms. The molecule has 78 valence electrons. The van der Waals surface area contributed by atoms with E-state index in [0.717, 1.165) is 0 Å². The van der Waals surface area contributed by atoms with Gasteiger partial charge in [-0.25, -0.2) is 4.79 Å². The highest BCUT2D eigenvalue weighted by molar-refractivity contribution is 5.89. The van der Waals surface area contributed by atoms with Gasteiger partial charge in [0.2, 0.25) is 0 Å². The highest BCUT2D eigenvalue weighted by Crippen LogP contribution is 2.09. The van der Waals surface area contributed by atoms with Gasteiger partial charge in [0.25, 0.3) is 0 Å². The van der Waals surface area contributed by atoms with Gasteiger partial charge in [0.05, 0.1) is 11.6 Å². The van der Waals surface area contributed by atoms with Crippen LogP contribution >= 0.6 is 0 Å². The van der Waals surface area contributed by atoms with Crippen molar-refractivity contribution in [3.63, 3.8) is 0 Å². The van der Waals surface area contributed by atoms with Crippen molar-refractivity contribution in [3.8, 4) is 6.07 Å². The van der Waals surface area contributed by atoms with Crippen molar-refractivity contribution in [2.24, 2.45) is 0 Å². The van der Waals surface area contributed by atoms with Crippen molar-refractivity contribution < 1.29 is 9.53 Å². The summed E-state index contributed by atoms with van der Waals surface area (Å²) in [6, 6.07) is 8.27. The second kappa shape index (κ2) is 5.62. The average Bonchev–Trinajstić information content (AvgIpc) is 2.26. The molecule has 0 bridgehead atoms. The van der Waals surface area contributed by atoms with Gasteiger partial charge in [-0.15, -0.1) is 0 Å². The molecule has 15 heavy (non-hydrogen) atoms. The SMILES string of the molecule is COCNC(=O)Nc1cccc(C#N)c1. The molecule has 0 radical (unpaired) electrons. The van der Waals surface area contributed by atoms with E-state index >= 15 is 0 Å². The number of amides is 2. The van der Waals surface area contributed by atoms with Crippen LogP contribution in [0.5, 0.6) is 0 Å². The van der Waals surface area contributed by atoms with E-state index in [2.05, 4.69) is 15.4 Å². The van der Waals surface area contributed by atoms with E-state index in [4.69, 9.17) is 5.26 Å². The third-order valence-corrected chi connectivity index (χ3v) is 1.63. The summed E-state index contributed by atoms with van der Waals surface area (Å²) in [6.07, 6.45) is 0. The lowest BCUT2D eigenvalue weighted by Crippen LogP contribution is -2.30. The molecule has 1 aromatic carbocycles. The maximum atomic E-state index is 11.2. The number of nitrogens with one attached hydrogen (secondary N) is 2. The van der Waals surface area contributed by atoms with Gasteiger partial charge in [0, 0.05) is 12.8 Å². The van der Waals surface area contributed by atoms with Crippen LogP contribution in [0.2, 0.25) is 0 Å². The van der Waals surface area contributed by atoms with Gasteiger partial charge in [0.15, 0.2) is 0 Å². The van der Waals surface area contributed by atoms with Crippen molar-refractivity contribution in [2.45, 2.75) is 0 Å². The first kappa shape index (κ1) is 11.0. The second-order valence-corrected chi connectivity index (χ2v) is 2.76. The number of hydrogen-bond acceptors (Lipinski definition) is 3. The molecule has 0 spiro atoms. The lowest BCUT2D eigenvalue weighted by atomic mass is 10.2. The Morgan fingerprint density at radius 3 is 3.07 bits per heavy atom. The molecule has 0 heterocycles. The van der Waals surface area contributed by atoms with E-state index in [1.807, 2.05) is 6.07 Å². The molecule has 5 nitrogen and oxygen atoms in total. The molecule has 0 unspecified atom stereocenters. The molecule has 0 saturated carbocycles. The van der Waals surface area contributed by atoms with Crippen LogP contribution in [0.4, 0.5) is 10.5 Å². The number of hydrogen-bond donors (Lipinski definition) is 2. The van der Waals surface area contributed by atoms with Gasteiger partial charge in [0.1, 0.15) is 6.73 Å². The van der Waals surface area contributed by atoms with Crippen LogP contribution in [0.1, 0.15) is 5.56 Å². The zero-order valence-electron chi connectivity index (χ0n) is 8.28. The maximum absolute atomic E-state index is 11.2. The minimum Gasteiger partial charge on any atom is -0.364 e. The Morgan fingerprint density at radius 2 is 2.40 bits per heavy atom. The van der Waals surface area contributed by atoms with Crippen molar-refractivity contribution in [2.75, 3.05) is 19.2 Å². The zero-order valence-corrected chi connectivity index (χ0v) is 8.28. The summed E-state index contributed by atoms with van der Waals surface area (Å²) in [4.78, 5) is 11.2. The number of urea groups is 1. The number of ether oxygens (including phenoxy) is 1. The summed E-state index contributed by atoms with van der Waals surface area (Å²) in [6.45, 7) is 0.143. The lowest BCUT2D eigenvalue weighted by molar-refractivity contribution is 0.177. The number of methoxy groups -OCH3 is 1. The van der Waals surface area contributed by atoms with Crippen LogP contribution in [0, 0.1) is 11.3 Å². The van der Waals surface area contributed by atoms with Crippen molar-refractivity contribution >= 4 is 11.7 Å². The van der Waals surface area contributed by atoms with Crippen molar-refractivity contribution in [1.82, 2.24) is 5.32 Å². The topological polar surface area (TPSA) is 74.2 Å². The zero-order chi connectivity index (χ0) is 11.1. The summed E-state index contributed by atoms with van der Waals surface area (Å²) in [5, 5.41) is 13.7. The van der Waals surface area contributed by atoms with Crippen LogP contribution in [-0.4, -0.2) is 19.9 Å². The Morgan fingerprint density at radius 1 is 1.60 bits per heavy atom. The Bertz CT molecular complexity index is 384. The maximum Gasteiger partial charge on any atom is 0.321 e. The number of carbonyl (C=O) groups is 1. The standard InChI is InChI=1S/C10H11N3O2/c1-15-7-12-10(14)13-9-4-2-3-8(5-9)6-11/h2-5H,7H2,1H3,(H2,12,13,14). The quantitative estimate of drug-likeness (QED) is 0.730. The molecular formula is C10H11N3O2. The summed E-state index contributed by atoms with van der Waals surface area (Å²) in [7, 11) is 1.48.